The van der Waals surface area contributed by atoms with Crippen LogP contribution in [0.4, 0.5) is 0 Å². The minimum absolute atomic E-state index is 0.122. The highest BCUT2D eigenvalue weighted by atomic mass is 79.9. The molecule has 76 valence electrons. The van der Waals surface area contributed by atoms with Crippen LogP contribution in [0.15, 0.2) is 22.7 Å². The Morgan fingerprint density at radius 3 is 2.79 bits per heavy atom. The topological polar surface area (TPSA) is 43.1 Å². The minimum Gasteiger partial charge on any atom is -0.330 e. The fourth-order valence-electron chi connectivity index (χ4n) is 1.13. The monoisotopic (exact) mass is 275 g/mol. The molecule has 4 heteroatoms. The van der Waals surface area contributed by atoms with Crippen LogP contribution < -0.4 is 5.73 Å². The van der Waals surface area contributed by atoms with Crippen LogP contribution in [0.3, 0.4) is 0 Å². The van der Waals surface area contributed by atoms with Crippen LogP contribution in [0.1, 0.15) is 12.0 Å². The summed E-state index contributed by atoms with van der Waals surface area (Å²) in [6, 6.07) is 5.50. The molecule has 0 bridgehead atoms. The van der Waals surface area contributed by atoms with Gasteiger partial charge in [0.1, 0.15) is 5.78 Å². The van der Waals surface area contributed by atoms with Crippen LogP contribution in [0.5, 0.6) is 0 Å². The van der Waals surface area contributed by atoms with Gasteiger partial charge < -0.3 is 5.73 Å². The molecule has 0 heterocycles. The van der Waals surface area contributed by atoms with Gasteiger partial charge in [0.2, 0.25) is 0 Å². The van der Waals surface area contributed by atoms with Crippen molar-refractivity contribution in [2.75, 3.05) is 6.54 Å². The summed E-state index contributed by atoms with van der Waals surface area (Å²) in [5, 5.41) is 0.616. The molecule has 2 N–H and O–H groups in total. The van der Waals surface area contributed by atoms with Crippen molar-refractivity contribution in [3.05, 3.63) is 33.3 Å². The van der Waals surface area contributed by atoms with Crippen molar-refractivity contribution in [2.45, 2.75) is 12.8 Å². The van der Waals surface area contributed by atoms with Crippen molar-refractivity contribution < 1.29 is 4.79 Å². The summed E-state index contributed by atoms with van der Waals surface area (Å²) in [6.45, 7) is 0.396. The third kappa shape index (κ3) is 3.40. The van der Waals surface area contributed by atoms with Gasteiger partial charge in [-0.1, -0.05) is 33.6 Å². The molecule has 14 heavy (non-hydrogen) atoms. The van der Waals surface area contributed by atoms with Gasteiger partial charge in [-0.3, -0.25) is 4.79 Å². The quantitative estimate of drug-likeness (QED) is 0.918. The van der Waals surface area contributed by atoms with Crippen molar-refractivity contribution in [2.24, 2.45) is 5.73 Å². The van der Waals surface area contributed by atoms with Crippen molar-refractivity contribution >= 4 is 33.3 Å². The van der Waals surface area contributed by atoms with Crippen LogP contribution in [-0.4, -0.2) is 12.3 Å². The normalized spacial score (nSPS) is 10.2. The molecular formula is C10H11BrClNO. The number of halogens is 2. The van der Waals surface area contributed by atoms with Crippen molar-refractivity contribution in [1.82, 2.24) is 0 Å². The van der Waals surface area contributed by atoms with E-state index in [1.54, 1.807) is 6.07 Å². The van der Waals surface area contributed by atoms with Gasteiger partial charge >= 0.3 is 0 Å². The second-order valence-electron chi connectivity index (χ2n) is 2.99. The van der Waals surface area contributed by atoms with Gasteiger partial charge in [-0.25, -0.2) is 0 Å². The van der Waals surface area contributed by atoms with Gasteiger partial charge in [0.05, 0.1) is 0 Å². The van der Waals surface area contributed by atoms with Gasteiger partial charge in [0.15, 0.2) is 0 Å². The molecule has 0 aliphatic carbocycles. The van der Waals surface area contributed by atoms with E-state index in [4.69, 9.17) is 17.3 Å². The Morgan fingerprint density at radius 2 is 2.21 bits per heavy atom. The summed E-state index contributed by atoms with van der Waals surface area (Å²) in [7, 11) is 0. The van der Waals surface area contributed by atoms with Gasteiger partial charge in [-0.2, -0.15) is 0 Å². The average molecular weight is 277 g/mol. The van der Waals surface area contributed by atoms with Crippen LogP contribution >= 0.6 is 27.5 Å². The van der Waals surface area contributed by atoms with E-state index in [-0.39, 0.29) is 5.78 Å². The Kier molecular flexibility index (Phi) is 4.58. The molecule has 0 aliphatic rings. The Bertz CT molecular complexity index is 341. The lowest BCUT2D eigenvalue weighted by Gasteiger charge is -2.03. The predicted octanol–water partition coefficient (Wildman–Crippen LogP) is 2.56. The number of hydrogen-bond acceptors (Lipinski definition) is 2. The van der Waals surface area contributed by atoms with E-state index in [9.17, 15) is 4.79 Å². The Balaban J connectivity index is 2.72. The van der Waals surface area contributed by atoms with E-state index in [2.05, 4.69) is 15.9 Å². The molecule has 0 unspecified atom stereocenters. The largest absolute Gasteiger partial charge is 0.330 e. The molecule has 0 aromatic heterocycles. The summed E-state index contributed by atoms with van der Waals surface area (Å²) < 4.78 is 0.914. The van der Waals surface area contributed by atoms with E-state index in [1.807, 2.05) is 12.1 Å². The van der Waals surface area contributed by atoms with E-state index in [1.165, 1.54) is 0 Å². The molecule has 1 aromatic rings. The van der Waals surface area contributed by atoms with Crippen molar-refractivity contribution in [1.29, 1.82) is 0 Å². The highest BCUT2D eigenvalue weighted by molar-refractivity contribution is 9.10. The second-order valence-corrected chi connectivity index (χ2v) is 4.31. The summed E-state index contributed by atoms with van der Waals surface area (Å²) in [4.78, 5) is 11.3. The first-order valence-corrected chi connectivity index (χ1v) is 5.46. The van der Waals surface area contributed by atoms with Crippen molar-refractivity contribution in [3.8, 4) is 0 Å². The number of benzene rings is 1. The summed E-state index contributed by atoms with van der Waals surface area (Å²) in [5.74, 6) is 0.122. The maximum atomic E-state index is 11.3. The van der Waals surface area contributed by atoms with E-state index >= 15 is 0 Å². The van der Waals surface area contributed by atoms with Crippen LogP contribution in [0.25, 0.3) is 0 Å². The van der Waals surface area contributed by atoms with E-state index < -0.39 is 0 Å². The van der Waals surface area contributed by atoms with Crippen LogP contribution in [-0.2, 0) is 11.2 Å². The molecule has 2 nitrogen and oxygen atoms in total. The zero-order valence-electron chi connectivity index (χ0n) is 7.59. The van der Waals surface area contributed by atoms with E-state index in [0.29, 0.717) is 24.4 Å². The maximum absolute atomic E-state index is 11.3. The molecule has 1 rings (SSSR count). The lowest BCUT2D eigenvalue weighted by atomic mass is 10.1. The zero-order chi connectivity index (χ0) is 10.6. The standard InChI is InChI=1S/C10H11BrClNO/c11-8-2-1-7(10(12)6-8)5-9(14)3-4-13/h1-2,6H,3-5,13H2. The number of Topliss-reactive ketones (excluding diaryl/α,β-unsaturated/α-hetero) is 1. The smallest absolute Gasteiger partial charge is 0.138 e. The first kappa shape index (κ1) is 11.7. The summed E-state index contributed by atoms with van der Waals surface area (Å²) >= 11 is 9.26. The number of ketones is 1. The highest BCUT2D eigenvalue weighted by Crippen LogP contribution is 2.21. The number of nitrogens with two attached hydrogens (primary N) is 1. The maximum Gasteiger partial charge on any atom is 0.138 e. The van der Waals surface area contributed by atoms with Gasteiger partial charge in [0.25, 0.3) is 0 Å². The summed E-state index contributed by atoms with van der Waals surface area (Å²) in [5.41, 5.74) is 6.14. The highest BCUT2D eigenvalue weighted by Gasteiger charge is 2.06. The molecule has 0 spiro atoms. The predicted molar refractivity (Wildman–Crippen MR) is 61.5 cm³/mol. The van der Waals surface area contributed by atoms with Crippen LogP contribution in [0, 0.1) is 0 Å². The molecule has 0 atom stereocenters. The average Bonchev–Trinajstić information content (AvgIpc) is 2.10. The van der Waals surface area contributed by atoms with Gasteiger partial charge in [-0.15, -0.1) is 0 Å². The van der Waals surface area contributed by atoms with E-state index in [0.717, 1.165) is 10.0 Å². The molecule has 0 radical (unpaired) electrons. The molecule has 1 aromatic carbocycles. The number of rotatable bonds is 4. The molecule has 0 fully saturated rings. The van der Waals surface area contributed by atoms with Crippen LogP contribution in [0.2, 0.25) is 5.02 Å². The Hall–Kier alpha value is -0.380. The third-order valence-corrected chi connectivity index (χ3v) is 2.67. The first-order valence-electron chi connectivity index (χ1n) is 4.29. The lowest BCUT2D eigenvalue weighted by Crippen LogP contribution is -2.10. The number of carbonyl (C=O) groups excluding carboxylic acids is 1. The van der Waals surface area contributed by atoms with Gasteiger partial charge in [-0.05, 0) is 24.2 Å². The lowest BCUT2D eigenvalue weighted by molar-refractivity contribution is -0.118. The summed E-state index contributed by atoms with van der Waals surface area (Å²) in [6.07, 6.45) is 0.774. The zero-order valence-corrected chi connectivity index (χ0v) is 9.94. The van der Waals surface area contributed by atoms with Crippen molar-refractivity contribution in [3.63, 3.8) is 0 Å². The first-order chi connectivity index (χ1) is 6.63. The Labute approximate surface area is 96.6 Å². The number of hydrogen-bond donors (Lipinski definition) is 1. The fraction of sp³-hybridized carbons (Fsp3) is 0.300. The Morgan fingerprint density at radius 1 is 1.50 bits per heavy atom. The molecule has 0 saturated carbocycles. The molecule has 0 amide bonds. The molecule has 0 saturated heterocycles. The van der Waals surface area contributed by atoms with Gasteiger partial charge in [0, 0.05) is 22.3 Å². The second kappa shape index (κ2) is 5.49. The third-order valence-electron chi connectivity index (χ3n) is 1.83. The fourth-order valence-corrected chi connectivity index (χ4v) is 1.87. The minimum atomic E-state index is 0.122. The molecular weight excluding hydrogens is 265 g/mol. The molecule has 0 aliphatic heterocycles. The number of carbonyl (C=O) groups is 1. The SMILES string of the molecule is NCCC(=O)Cc1ccc(Br)cc1Cl.